The Kier molecular flexibility index (Phi) is 3.97. The predicted octanol–water partition coefficient (Wildman–Crippen LogP) is 1.20. The third-order valence-corrected chi connectivity index (χ3v) is 4.89. The van der Waals surface area contributed by atoms with Crippen molar-refractivity contribution in [1.29, 1.82) is 0 Å². The van der Waals surface area contributed by atoms with Gasteiger partial charge in [-0.25, -0.2) is 0 Å². The molecule has 2 fully saturated rings. The topological polar surface area (TPSA) is 49.6 Å². The molecular weight excluding hydrogens is 226 g/mol. The molecule has 2 saturated heterocycles. The maximum atomic E-state index is 12.7. The Labute approximate surface area is 110 Å². The number of fused-ring (bicyclic) bond motifs is 1. The zero-order valence-electron chi connectivity index (χ0n) is 12.0. The fourth-order valence-electron chi connectivity index (χ4n) is 3.31. The van der Waals surface area contributed by atoms with E-state index in [2.05, 4.69) is 11.8 Å². The SMILES string of the molecule is CCC(N)(CC)C(=O)N1CC2CCCN2CC1C. The Balaban J connectivity index is 2.10. The van der Waals surface area contributed by atoms with E-state index in [9.17, 15) is 4.79 Å². The molecule has 0 aromatic heterocycles. The first kappa shape index (κ1) is 13.8. The Morgan fingerprint density at radius 2 is 2.00 bits per heavy atom. The van der Waals surface area contributed by atoms with Crippen LogP contribution in [0, 0.1) is 0 Å². The number of carbonyl (C=O) groups is 1. The summed E-state index contributed by atoms with van der Waals surface area (Å²) >= 11 is 0. The van der Waals surface area contributed by atoms with Crippen LogP contribution in [0.1, 0.15) is 46.5 Å². The predicted molar refractivity (Wildman–Crippen MR) is 73.3 cm³/mol. The highest BCUT2D eigenvalue weighted by atomic mass is 16.2. The summed E-state index contributed by atoms with van der Waals surface area (Å²) in [4.78, 5) is 17.2. The van der Waals surface area contributed by atoms with E-state index in [0.717, 1.165) is 25.9 Å². The molecule has 0 aliphatic carbocycles. The Bertz CT molecular complexity index is 314. The molecule has 2 rings (SSSR count). The van der Waals surface area contributed by atoms with Gasteiger partial charge in [0.15, 0.2) is 0 Å². The molecule has 0 aromatic carbocycles. The highest BCUT2D eigenvalue weighted by Gasteiger charge is 2.41. The van der Waals surface area contributed by atoms with Crippen LogP contribution in [-0.4, -0.2) is 53.0 Å². The normalized spacial score (nSPS) is 29.4. The molecule has 2 N–H and O–H groups in total. The maximum Gasteiger partial charge on any atom is 0.242 e. The molecule has 2 aliphatic heterocycles. The standard InChI is InChI=1S/C14H27N3O/c1-4-14(15,5-2)13(18)17-10-12-7-6-8-16(12)9-11(17)3/h11-12H,4-10,15H2,1-3H3. The fraction of sp³-hybridized carbons (Fsp3) is 0.929. The highest BCUT2D eigenvalue weighted by Crippen LogP contribution is 2.27. The van der Waals surface area contributed by atoms with E-state index < -0.39 is 5.54 Å². The first-order chi connectivity index (χ1) is 8.51. The molecule has 2 unspecified atom stereocenters. The molecule has 18 heavy (non-hydrogen) atoms. The Hall–Kier alpha value is -0.610. The average molecular weight is 253 g/mol. The van der Waals surface area contributed by atoms with Crippen LogP contribution in [-0.2, 0) is 4.79 Å². The zero-order chi connectivity index (χ0) is 13.3. The van der Waals surface area contributed by atoms with Crippen LogP contribution in [0.2, 0.25) is 0 Å². The van der Waals surface area contributed by atoms with Crippen molar-refractivity contribution < 1.29 is 4.79 Å². The summed E-state index contributed by atoms with van der Waals surface area (Å²) in [6, 6.07) is 0.871. The van der Waals surface area contributed by atoms with E-state index in [0.29, 0.717) is 12.1 Å². The molecule has 4 nitrogen and oxygen atoms in total. The Morgan fingerprint density at radius 1 is 1.33 bits per heavy atom. The zero-order valence-corrected chi connectivity index (χ0v) is 12.0. The van der Waals surface area contributed by atoms with Gasteiger partial charge in [-0.3, -0.25) is 9.69 Å². The van der Waals surface area contributed by atoms with E-state index in [4.69, 9.17) is 5.73 Å². The summed E-state index contributed by atoms with van der Waals surface area (Å²) < 4.78 is 0. The van der Waals surface area contributed by atoms with Crippen LogP contribution in [0.25, 0.3) is 0 Å². The molecular formula is C14H27N3O. The van der Waals surface area contributed by atoms with Crippen LogP contribution in [0.5, 0.6) is 0 Å². The lowest BCUT2D eigenvalue weighted by Gasteiger charge is -2.45. The van der Waals surface area contributed by atoms with Gasteiger partial charge in [-0.1, -0.05) is 13.8 Å². The van der Waals surface area contributed by atoms with Crippen LogP contribution < -0.4 is 5.73 Å². The van der Waals surface area contributed by atoms with Crippen molar-refractivity contribution in [2.24, 2.45) is 5.73 Å². The number of amides is 1. The fourth-order valence-corrected chi connectivity index (χ4v) is 3.31. The van der Waals surface area contributed by atoms with E-state index in [1.165, 1.54) is 19.4 Å². The first-order valence-electron chi connectivity index (χ1n) is 7.35. The summed E-state index contributed by atoms with van der Waals surface area (Å²) in [6.45, 7) is 9.26. The van der Waals surface area contributed by atoms with Gasteiger partial charge in [-0.2, -0.15) is 0 Å². The molecule has 1 amide bonds. The first-order valence-corrected chi connectivity index (χ1v) is 7.35. The summed E-state index contributed by atoms with van der Waals surface area (Å²) in [5, 5.41) is 0. The number of nitrogens with zero attached hydrogens (tertiary/aromatic N) is 2. The van der Waals surface area contributed by atoms with Gasteiger partial charge in [-0.15, -0.1) is 0 Å². The second-order valence-electron chi connectivity index (χ2n) is 5.96. The summed E-state index contributed by atoms with van der Waals surface area (Å²) in [7, 11) is 0. The van der Waals surface area contributed by atoms with Crippen molar-refractivity contribution in [3.8, 4) is 0 Å². The lowest BCUT2D eigenvalue weighted by molar-refractivity contribution is -0.143. The van der Waals surface area contributed by atoms with E-state index >= 15 is 0 Å². The van der Waals surface area contributed by atoms with Gasteiger partial charge in [0.1, 0.15) is 0 Å². The monoisotopic (exact) mass is 253 g/mol. The van der Waals surface area contributed by atoms with E-state index in [-0.39, 0.29) is 5.91 Å². The molecule has 4 heteroatoms. The lowest BCUT2D eigenvalue weighted by atomic mass is 9.91. The van der Waals surface area contributed by atoms with Gasteiger partial charge < -0.3 is 10.6 Å². The number of nitrogens with two attached hydrogens (primary N) is 1. The van der Waals surface area contributed by atoms with Gasteiger partial charge in [0.25, 0.3) is 0 Å². The molecule has 0 radical (unpaired) electrons. The van der Waals surface area contributed by atoms with Crippen molar-refractivity contribution in [2.45, 2.75) is 64.1 Å². The van der Waals surface area contributed by atoms with Crippen molar-refractivity contribution in [3.05, 3.63) is 0 Å². The number of hydrogen-bond donors (Lipinski definition) is 1. The molecule has 0 aromatic rings. The number of carbonyl (C=O) groups excluding carboxylic acids is 1. The van der Waals surface area contributed by atoms with Crippen LogP contribution in [0.4, 0.5) is 0 Å². The van der Waals surface area contributed by atoms with Crippen molar-refractivity contribution in [3.63, 3.8) is 0 Å². The third kappa shape index (κ3) is 2.28. The molecule has 2 heterocycles. The summed E-state index contributed by atoms with van der Waals surface area (Å²) in [5.41, 5.74) is 5.61. The molecule has 104 valence electrons. The second-order valence-corrected chi connectivity index (χ2v) is 5.96. The Morgan fingerprint density at radius 3 is 2.61 bits per heavy atom. The van der Waals surface area contributed by atoms with Gasteiger partial charge >= 0.3 is 0 Å². The molecule has 0 saturated carbocycles. The molecule has 2 atom stereocenters. The quantitative estimate of drug-likeness (QED) is 0.822. The van der Waals surface area contributed by atoms with Crippen molar-refractivity contribution in [2.75, 3.05) is 19.6 Å². The molecule has 2 aliphatic rings. The summed E-state index contributed by atoms with van der Waals surface area (Å²) in [5.74, 6) is 0.159. The van der Waals surface area contributed by atoms with Crippen LogP contribution in [0.15, 0.2) is 0 Å². The van der Waals surface area contributed by atoms with Gasteiger partial charge in [0.05, 0.1) is 5.54 Å². The van der Waals surface area contributed by atoms with Gasteiger partial charge in [-0.05, 0) is 39.2 Å². The minimum absolute atomic E-state index is 0.159. The van der Waals surface area contributed by atoms with E-state index in [1.54, 1.807) is 0 Å². The second kappa shape index (κ2) is 5.17. The number of piperazine rings is 1. The summed E-state index contributed by atoms with van der Waals surface area (Å²) in [6.07, 6.45) is 3.95. The minimum atomic E-state index is -0.658. The largest absolute Gasteiger partial charge is 0.336 e. The lowest BCUT2D eigenvalue weighted by Crippen LogP contribution is -2.63. The average Bonchev–Trinajstić information content (AvgIpc) is 2.83. The maximum absolute atomic E-state index is 12.7. The third-order valence-electron chi connectivity index (χ3n) is 4.89. The molecule has 0 spiro atoms. The van der Waals surface area contributed by atoms with Crippen LogP contribution in [0.3, 0.4) is 0 Å². The van der Waals surface area contributed by atoms with Crippen LogP contribution >= 0.6 is 0 Å². The number of rotatable bonds is 3. The van der Waals surface area contributed by atoms with E-state index in [1.807, 2.05) is 18.7 Å². The minimum Gasteiger partial charge on any atom is -0.336 e. The van der Waals surface area contributed by atoms with Gasteiger partial charge in [0.2, 0.25) is 5.91 Å². The molecule has 0 bridgehead atoms. The highest BCUT2D eigenvalue weighted by molar-refractivity contribution is 5.86. The number of hydrogen-bond acceptors (Lipinski definition) is 3. The smallest absolute Gasteiger partial charge is 0.242 e. The van der Waals surface area contributed by atoms with Crippen molar-refractivity contribution in [1.82, 2.24) is 9.80 Å². The van der Waals surface area contributed by atoms with Gasteiger partial charge in [0, 0.05) is 25.2 Å². The van der Waals surface area contributed by atoms with Crippen molar-refractivity contribution >= 4 is 5.91 Å².